The number of carbonyl (C=O) groups is 1. The lowest BCUT2D eigenvalue weighted by Gasteiger charge is -2.26. The molecule has 2 amide bonds. The summed E-state index contributed by atoms with van der Waals surface area (Å²) >= 11 is 0. The molecule has 136 valence electrons. The van der Waals surface area contributed by atoms with E-state index in [0.717, 1.165) is 10.8 Å². The number of aromatic nitrogens is 1. The Balaban J connectivity index is 1.78. The minimum absolute atomic E-state index is 0.181. The Bertz CT molecular complexity index is 1100. The largest absolute Gasteiger partial charge is 0.378 e. The topological polar surface area (TPSA) is 80.6 Å². The summed E-state index contributed by atoms with van der Waals surface area (Å²) in [5.74, 6) is 0. The summed E-state index contributed by atoms with van der Waals surface area (Å²) in [7, 11) is -3.46. The zero-order valence-corrected chi connectivity index (χ0v) is 15.1. The molecule has 0 bridgehead atoms. The van der Waals surface area contributed by atoms with Crippen molar-refractivity contribution in [3.05, 3.63) is 42.5 Å². The van der Waals surface area contributed by atoms with E-state index in [9.17, 15) is 13.2 Å². The van der Waals surface area contributed by atoms with E-state index >= 15 is 0 Å². The summed E-state index contributed by atoms with van der Waals surface area (Å²) in [6.45, 7) is 2.19. The number of nitrogens with one attached hydrogen (secondary N) is 1. The van der Waals surface area contributed by atoms with Crippen molar-refractivity contribution in [1.29, 1.82) is 0 Å². The van der Waals surface area contributed by atoms with E-state index < -0.39 is 10.0 Å². The van der Waals surface area contributed by atoms with E-state index in [2.05, 4.69) is 5.32 Å². The highest BCUT2D eigenvalue weighted by Crippen LogP contribution is 2.32. The maximum Gasteiger partial charge on any atom is 0.321 e. The fourth-order valence-electron chi connectivity index (χ4n) is 3.34. The zero-order valence-electron chi connectivity index (χ0n) is 14.3. The minimum Gasteiger partial charge on any atom is -0.378 e. The first-order valence-corrected chi connectivity index (χ1v) is 10.2. The Morgan fingerprint density at radius 3 is 2.46 bits per heavy atom. The predicted octanol–water partition coefficient (Wildman–Crippen LogP) is 2.47. The van der Waals surface area contributed by atoms with Gasteiger partial charge in [0.15, 0.2) is 0 Å². The number of urea groups is 1. The van der Waals surface area contributed by atoms with E-state index in [4.69, 9.17) is 4.74 Å². The molecule has 2 aromatic carbocycles. The molecule has 1 saturated heterocycles. The summed E-state index contributed by atoms with van der Waals surface area (Å²) in [5, 5.41) is 4.50. The minimum atomic E-state index is -3.46. The lowest BCUT2D eigenvalue weighted by atomic mass is 10.1. The second-order valence-electron chi connectivity index (χ2n) is 6.31. The molecule has 0 atom stereocenters. The van der Waals surface area contributed by atoms with Crippen LogP contribution >= 0.6 is 0 Å². The van der Waals surface area contributed by atoms with Crippen molar-refractivity contribution in [3.63, 3.8) is 0 Å². The second kappa shape index (κ2) is 6.30. The Labute approximate surface area is 151 Å². The van der Waals surface area contributed by atoms with E-state index in [1.807, 2.05) is 24.3 Å². The summed E-state index contributed by atoms with van der Waals surface area (Å²) in [6.07, 6.45) is 1.19. The van der Waals surface area contributed by atoms with Crippen molar-refractivity contribution in [2.75, 3.05) is 37.9 Å². The summed E-state index contributed by atoms with van der Waals surface area (Å²) in [5.41, 5.74) is 1.85. The third-order valence-corrected chi connectivity index (χ3v) is 5.57. The van der Waals surface area contributed by atoms with Crippen LogP contribution in [0, 0.1) is 0 Å². The molecule has 7 nitrogen and oxygen atoms in total. The third kappa shape index (κ3) is 2.91. The van der Waals surface area contributed by atoms with E-state index in [0.29, 0.717) is 43.0 Å². The number of rotatable bonds is 2. The fraction of sp³-hybridized carbons (Fsp3) is 0.278. The van der Waals surface area contributed by atoms with Gasteiger partial charge in [-0.2, -0.15) is 0 Å². The van der Waals surface area contributed by atoms with Crippen LogP contribution in [0.2, 0.25) is 0 Å². The van der Waals surface area contributed by atoms with Crippen molar-refractivity contribution in [3.8, 4) is 0 Å². The van der Waals surface area contributed by atoms with Gasteiger partial charge < -0.3 is 15.0 Å². The monoisotopic (exact) mass is 373 g/mol. The van der Waals surface area contributed by atoms with Crippen LogP contribution in [-0.2, 0) is 14.8 Å². The number of ether oxygens (including phenoxy) is 1. The number of hydrogen-bond donors (Lipinski definition) is 1. The SMILES string of the molecule is CS(=O)(=O)n1c2ccccc2c2cc(NC(=O)N3CCOCC3)ccc21. The van der Waals surface area contributed by atoms with Crippen LogP contribution in [0.4, 0.5) is 10.5 Å². The van der Waals surface area contributed by atoms with Gasteiger partial charge in [0.2, 0.25) is 10.0 Å². The molecule has 8 heteroatoms. The van der Waals surface area contributed by atoms with Crippen molar-refractivity contribution in [2.24, 2.45) is 0 Å². The molecule has 0 spiro atoms. The van der Waals surface area contributed by atoms with Gasteiger partial charge in [-0.1, -0.05) is 18.2 Å². The van der Waals surface area contributed by atoms with E-state index in [-0.39, 0.29) is 6.03 Å². The van der Waals surface area contributed by atoms with E-state index in [1.165, 1.54) is 10.2 Å². The summed E-state index contributed by atoms with van der Waals surface area (Å²) in [6, 6.07) is 12.4. The van der Waals surface area contributed by atoms with E-state index in [1.54, 1.807) is 23.1 Å². The molecule has 0 radical (unpaired) electrons. The quantitative estimate of drug-likeness (QED) is 0.748. The normalized spacial score (nSPS) is 15.5. The van der Waals surface area contributed by atoms with Gasteiger partial charge in [0.1, 0.15) is 0 Å². The Hall–Kier alpha value is -2.58. The maximum atomic E-state index is 12.4. The highest BCUT2D eigenvalue weighted by molar-refractivity contribution is 7.89. The molecule has 1 aromatic heterocycles. The van der Waals surface area contributed by atoms with Gasteiger partial charge in [0.05, 0.1) is 30.5 Å². The Morgan fingerprint density at radius 2 is 1.73 bits per heavy atom. The standard InChI is InChI=1S/C18H19N3O4S/c1-26(23,24)21-16-5-3-2-4-14(16)15-12-13(6-7-17(15)21)19-18(22)20-8-10-25-11-9-20/h2-7,12H,8-11H2,1H3,(H,19,22). The van der Waals surface area contributed by atoms with Gasteiger partial charge in [0, 0.05) is 29.5 Å². The number of para-hydroxylation sites is 1. The molecule has 1 aliphatic heterocycles. The van der Waals surface area contributed by atoms with Gasteiger partial charge in [-0.25, -0.2) is 17.2 Å². The highest BCUT2D eigenvalue weighted by Gasteiger charge is 2.19. The first-order valence-electron chi connectivity index (χ1n) is 8.32. The maximum absolute atomic E-state index is 12.4. The second-order valence-corrected chi connectivity index (χ2v) is 8.14. The molecule has 4 rings (SSSR count). The Kier molecular flexibility index (Phi) is 4.08. The summed E-state index contributed by atoms with van der Waals surface area (Å²) in [4.78, 5) is 14.1. The molecule has 1 aliphatic rings. The lowest BCUT2D eigenvalue weighted by Crippen LogP contribution is -2.43. The number of anilines is 1. The fourth-order valence-corrected chi connectivity index (χ4v) is 4.37. The lowest BCUT2D eigenvalue weighted by molar-refractivity contribution is 0.0564. The number of nitrogens with zero attached hydrogens (tertiary/aromatic N) is 2. The molecule has 0 unspecified atom stereocenters. The van der Waals surface area contributed by atoms with Gasteiger partial charge in [-0.3, -0.25) is 0 Å². The molecule has 26 heavy (non-hydrogen) atoms. The average Bonchev–Trinajstić information content (AvgIpc) is 2.96. The molecular formula is C18H19N3O4S. The van der Waals surface area contributed by atoms with Gasteiger partial charge in [0.25, 0.3) is 0 Å². The number of benzene rings is 2. The first kappa shape index (κ1) is 16.9. The van der Waals surface area contributed by atoms with Gasteiger partial charge in [-0.05, 0) is 24.3 Å². The third-order valence-electron chi connectivity index (χ3n) is 4.51. The van der Waals surface area contributed by atoms with Gasteiger partial charge >= 0.3 is 6.03 Å². The smallest absolute Gasteiger partial charge is 0.321 e. The molecule has 1 N–H and O–H groups in total. The van der Waals surface area contributed by atoms with Crippen LogP contribution in [0.25, 0.3) is 21.8 Å². The van der Waals surface area contributed by atoms with Crippen molar-refractivity contribution < 1.29 is 17.9 Å². The molecule has 2 heterocycles. The zero-order chi connectivity index (χ0) is 18.3. The first-order chi connectivity index (χ1) is 12.4. The Morgan fingerprint density at radius 1 is 1.04 bits per heavy atom. The van der Waals surface area contributed by atoms with Gasteiger partial charge in [-0.15, -0.1) is 0 Å². The number of amides is 2. The van der Waals surface area contributed by atoms with Crippen molar-refractivity contribution >= 4 is 43.5 Å². The summed E-state index contributed by atoms with van der Waals surface area (Å²) < 4.78 is 31.1. The van der Waals surface area contributed by atoms with Crippen LogP contribution < -0.4 is 5.32 Å². The number of fused-ring (bicyclic) bond motifs is 3. The average molecular weight is 373 g/mol. The molecule has 0 aliphatic carbocycles. The molecule has 1 fully saturated rings. The van der Waals surface area contributed by atoms with Crippen molar-refractivity contribution in [1.82, 2.24) is 8.87 Å². The molecule has 0 saturated carbocycles. The predicted molar refractivity (Wildman–Crippen MR) is 101 cm³/mol. The van der Waals surface area contributed by atoms with Crippen LogP contribution in [0.1, 0.15) is 0 Å². The number of hydrogen-bond acceptors (Lipinski definition) is 4. The highest BCUT2D eigenvalue weighted by atomic mass is 32.2. The number of carbonyl (C=O) groups excluding carboxylic acids is 1. The number of morpholine rings is 1. The van der Waals surface area contributed by atoms with Crippen LogP contribution in [0.5, 0.6) is 0 Å². The van der Waals surface area contributed by atoms with Crippen LogP contribution in [0.3, 0.4) is 0 Å². The molecular weight excluding hydrogens is 354 g/mol. The van der Waals surface area contributed by atoms with Crippen LogP contribution in [-0.4, -0.2) is 55.9 Å². The van der Waals surface area contributed by atoms with Crippen LogP contribution in [0.15, 0.2) is 42.5 Å². The molecule has 3 aromatic rings. The van der Waals surface area contributed by atoms with Crippen molar-refractivity contribution in [2.45, 2.75) is 0 Å².